The fourth-order valence-electron chi connectivity index (χ4n) is 2.65. The van der Waals surface area contributed by atoms with Gasteiger partial charge in [-0.2, -0.15) is 0 Å². The predicted octanol–water partition coefficient (Wildman–Crippen LogP) is 3.96. The van der Waals surface area contributed by atoms with Crippen LogP contribution in [0.15, 0.2) is 42.5 Å². The molecule has 0 radical (unpaired) electrons. The highest BCUT2D eigenvalue weighted by Crippen LogP contribution is 2.35. The van der Waals surface area contributed by atoms with Crippen molar-refractivity contribution in [1.82, 2.24) is 0 Å². The summed E-state index contributed by atoms with van der Waals surface area (Å²) in [4.78, 5) is 0. The molecule has 1 N–H and O–H groups in total. The molecule has 0 aliphatic heterocycles. The van der Waals surface area contributed by atoms with Gasteiger partial charge >= 0.3 is 0 Å². The second-order valence-electron chi connectivity index (χ2n) is 6.97. The summed E-state index contributed by atoms with van der Waals surface area (Å²) in [5.41, 5.74) is 1.28. The molecular weight excluding hydrogens is 248 g/mol. The maximum atomic E-state index is 9.62. The van der Waals surface area contributed by atoms with Crippen molar-refractivity contribution in [2.45, 2.75) is 52.4 Å². The molecule has 106 valence electrons. The minimum atomic E-state index is -1.48. The van der Waals surface area contributed by atoms with E-state index in [0.29, 0.717) is 0 Å². The molecule has 0 saturated heterocycles. The van der Waals surface area contributed by atoms with E-state index in [4.69, 9.17) is 0 Å². The number of hydrogen-bond acceptors (Lipinski definition) is 1. The molecule has 1 nitrogen and oxygen atoms in total. The topological polar surface area (TPSA) is 20.2 Å². The third-order valence-corrected chi connectivity index (χ3v) is 7.18. The van der Waals surface area contributed by atoms with Gasteiger partial charge in [0.05, 0.1) is 14.2 Å². The molecule has 2 heteroatoms. The fraction of sp³-hybridized carbons (Fsp3) is 0.529. The lowest BCUT2D eigenvalue weighted by Crippen LogP contribution is -2.42. The first-order valence-corrected chi connectivity index (χ1v) is 10.3. The molecular formula is C17H28OSi. The number of aliphatic hydroxyl groups excluding tert-OH is 1. The van der Waals surface area contributed by atoms with Crippen LogP contribution in [0.25, 0.3) is 0 Å². The van der Waals surface area contributed by atoms with Crippen molar-refractivity contribution < 1.29 is 5.11 Å². The highest BCUT2D eigenvalue weighted by molar-refractivity contribution is 6.90. The zero-order chi connectivity index (χ0) is 14.7. The molecule has 0 saturated carbocycles. The maximum Gasteiger partial charge on any atom is 0.0846 e. The minimum Gasteiger partial charge on any atom is -0.393 e. The highest BCUT2D eigenvalue weighted by atomic mass is 28.3. The van der Waals surface area contributed by atoms with Gasteiger partial charge in [0.2, 0.25) is 0 Å². The zero-order valence-electron chi connectivity index (χ0n) is 13.0. The first kappa shape index (κ1) is 16.2. The molecule has 0 aliphatic carbocycles. The van der Waals surface area contributed by atoms with Gasteiger partial charge in [0.1, 0.15) is 0 Å². The molecule has 1 aromatic carbocycles. The van der Waals surface area contributed by atoms with Gasteiger partial charge in [0, 0.05) is 0 Å². The largest absolute Gasteiger partial charge is 0.393 e. The minimum absolute atomic E-state index is 0.00716. The number of rotatable bonds is 6. The van der Waals surface area contributed by atoms with Crippen LogP contribution in [0.4, 0.5) is 0 Å². The second-order valence-corrected chi connectivity index (χ2v) is 11.7. The summed E-state index contributed by atoms with van der Waals surface area (Å²) < 4.78 is 0. The molecule has 1 aromatic rings. The van der Waals surface area contributed by atoms with Crippen LogP contribution in [-0.2, 0) is 0 Å². The van der Waals surface area contributed by atoms with E-state index in [9.17, 15) is 5.11 Å². The van der Waals surface area contributed by atoms with Crippen molar-refractivity contribution in [3.8, 4) is 0 Å². The normalized spacial score (nSPS) is 14.2. The Morgan fingerprint density at radius 1 is 1.26 bits per heavy atom. The Bertz CT molecular complexity index is 418. The van der Waals surface area contributed by atoms with Crippen LogP contribution in [0.2, 0.25) is 19.1 Å². The Balaban J connectivity index is 2.81. The number of benzene rings is 1. The van der Waals surface area contributed by atoms with Crippen LogP contribution >= 0.6 is 0 Å². The van der Waals surface area contributed by atoms with Gasteiger partial charge in [-0.25, -0.2) is 0 Å². The molecule has 0 fully saturated rings. The summed E-state index contributed by atoms with van der Waals surface area (Å²) in [6.07, 6.45) is 0.513. The smallest absolute Gasteiger partial charge is 0.0846 e. The van der Waals surface area contributed by atoms with Gasteiger partial charge in [-0.1, -0.05) is 74.6 Å². The maximum absolute atomic E-state index is 9.62. The Morgan fingerprint density at radius 2 is 1.79 bits per heavy atom. The molecule has 0 spiro atoms. The summed E-state index contributed by atoms with van der Waals surface area (Å²) in [6, 6.07) is 11.9. The lowest BCUT2D eigenvalue weighted by Gasteiger charge is -2.34. The monoisotopic (exact) mass is 276 g/mol. The second kappa shape index (κ2) is 6.06. The summed E-state index contributed by atoms with van der Waals surface area (Å²) in [5, 5.41) is 11.1. The summed E-state index contributed by atoms with van der Waals surface area (Å²) in [5.74, 6) is 0. The van der Waals surface area contributed by atoms with Crippen LogP contribution in [0.5, 0.6) is 0 Å². The Morgan fingerprint density at radius 3 is 2.26 bits per heavy atom. The summed E-state index contributed by atoms with van der Waals surface area (Å²) in [6.45, 7) is 15.3. The van der Waals surface area contributed by atoms with Crippen LogP contribution in [0.1, 0.15) is 27.2 Å². The van der Waals surface area contributed by atoms with Crippen molar-refractivity contribution in [1.29, 1.82) is 0 Å². The van der Waals surface area contributed by atoms with Gasteiger partial charge in [-0.15, -0.1) is 0 Å². The molecule has 0 amide bonds. The molecule has 0 heterocycles. The lowest BCUT2D eigenvalue weighted by molar-refractivity contribution is 0.144. The van der Waals surface area contributed by atoms with E-state index in [1.54, 1.807) is 0 Å². The quantitative estimate of drug-likeness (QED) is 0.616. The molecule has 1 unspecified atom stereocenters. The Labute approximate surface area is 119 Å². The molecule has 1 atom stereocenters. The first-order valence-electron chi connectivity index (χ1n) is 7.07. The van der Waals surface area contributed by atoms with Crippen molar-refractivity contribution >= 4 is 13.3 Å². The SMILES string of the molecule is C=C(C[Si](C)(C)c1ccccc1)C(C)(C)CC(C)O. The Hall–Kier alpha value is -0.863. The molecule has 1 rings (SSSR count). The molecule has 0 aliphatic rings. The van der Waals surface area contributed by atoms with E-state index in [-0.39, 0.29) is 11.5 Å². The standard InChI is InChI=1S/C17H28OSi/c1-14(17(3,4)12-15(2)18)13-19(5,6)16-10-8-7-9-11-16/h7-11,15,18H,1,12-13H2,2-6H3. The summed E-state index contributed by atoms with van der Waals surface area (Å²) >= 11 is 0. The van der Waals surface area contributed by atoms with Gasteiger partial charge in [0.15, 0.2) is 0 Å². The number of allylic oxidation sites excluding steroid dienone is 1. The third kappa shape index (κ3) is 4.63. The van der Waals surface area contributed by atoms with E-state index in [2.05, 4.69) is 63.9 Å². The van der Waals surface area contributed by atoms with Crippen LogP contribution < -0.4 is 5.19 Å². The molecule has 0 aromatic heterocycles. The van der Waals surface area contributed by atoms with E-state index in [0.717, 1.165) is 12.5 Å². The van der Waals surface area contributed by atoms with Crippen LogP contribution in [-0.4, -0.2) is 19.3 Å². The van der Waals surface area contributed by atoms with Gasteiger partial charge in [0.25, 0.3) is 0 Å². The zero-order valence-corrected chi connectivity index (χ0v) is 14.0. The first-order chi connectivity index (χ1) is 8.65. The van der Waals surface area contributed by atoms with E-state index < -0.39 is 8.07 Å². The van der Waals surface area contributed by atoms with Crippen molar-refractivity contribution in [2.75, 3.05) is 0 Å². The van der Waals surface area contributed by atoms with Crippen LogP contribution in [0, 0.1) is 5.41 Å². The Kier molecular flexibility index (Phi) is 5.16. The average molecular weight is 276 g/mol. The predicted molar refractivity (Wildman–Crippen MR) is 87.6 cm³/mol. The van der Waals surface area contributed by atoms with Crippen molar-refractivity contribution in [2.24, 2.45) is 5.41 Å². The lowest BCUT2D eigenvalue weighted by atomic mass is 9.81. The van der Waals surface area contributed by atoms with Crippen LogP contribution in [0.3, 0.4) is 0 Å². The third-order valence-electron chi connectivity index (χ3n) is 3.97. The van der Waals surface area contributed by atoms with Gasteiger partial charge < -0.3 is 5.11 Å². The van der Waals surface area contributed by atoms with Crippen molar-refractivity contribution in [3.05, 3.63) is 42.5 Å². The van der Waals surface area contributed by atoms with Gasteiger partial charge in [-0.05, 0) is 24.8 Å². The fourth-order valence-corrected chi connectivity index (χ4v) is 5.49. The molecule has 19 heavy (non-hydrogen) atoms. The van der Waals surface area contributed by atoms with Crippen molar-refractivity contribution in [3.63, 3.8) is 0 Å². The van der Waals surface area contributed by atoms with Gasteiger partial charge in [-0.3, -0.25) is 0 Å². The van der Waals surface area contributed by atoms with E-state index in [1.807, 2.05) is 6.92 Å². The number of aliphatic hydroxyl groups is 1. The van der Waals surface area contributed by atoms with E-state index in [1.165, 1.54) is 10.8 Å². The summed E-state index contributed by atoms with van der Waals surface area (Å²) in [7, 11) is -1.48. The van der Waals surface area contributed by atoms with E-state index >= 15 is 0 Å². The number of hydrogen-bond donors (Lipinski definition) is 1. The highest BCUT2D eigenvalue weighted by Gasteiger charge is 2.31. The molecule has 0 bridgehead atoms. The average Bonchev–Trinajstić information content (AvgIpc) is 2.28.